The Hall–Kier alpha value is -2.80. The van der Waals surface area contributed by atoms with Gasteiger partial charge in [0.25, 0.3) is 0 Å². The molecule has 1 aromatic heterocycles. The second-order valence-corrected chi connectivity index (χ2v) is 13.6. The third-order valence-corrected chi connectivity index (χ3v) is 8.78. The number of rotatable bonds is 7. The molecule has 0 amide bonds. The first-order valence-electron chi connectivity index (χ1n) is 12.3. The van der Waals surface area contributed by atoms with Gasteiger partial charge >= 0.3 is 0 Å². The molecule has 0 spiro atoms. The minimum absolute atomic E-state index is 0.366. The van der Waals surface area contributed by atoms with E-state index in [1.54, 1.807) is 26.6 Å². The lowest BCUT2D eigenvalue weighted by Gasteiger charge is -2.35. The number of methoxy groups -OCH3 is 1. The minimum atomic E-state index is -2.56. The Bertz CT molecular complexity index is 1350. The molecule has 0 bridgehead atoms. The number of nitrogens with one attached hydrogen (secondary N) is 2. The third kappa shape index (κ3) is 6.03. The van der Waals surface area contributed by atoms with Crippen LogP contribution in [0.4, 0.5) is 28.8 Å². The van der Waals surface area contributed by atoms with Gasteiger partial charge in [0.15, 0.2) is 5.82 Å². The molecule has 8 nitrogen and oxygen atoms in total. The van der Waals surface area contributed by atoms with E-state index in [2.05, 4.69) is 56.5 Å². The first-order chi connectivity index (χ1) is 17.5. The Balaban J connectivity index is 1.63. The monoisotopic (exact) mass is 542 g/mol. The highest BCUT2D eigenvalue weighted by atomic mass is 35.5. The van der Waals surface area contributed by atoms with Crippen LogP contribution in [-0.2, 0) is 4.57 Å². The van der Waals surface area contributed by atoms with Crippen LogP contribution in [0.5, 0.6) is 5.75 Å². The van der Waals surface area contributed by atoms with E-state index < -0.39 is 7.14 Å². The summed E-state index contributed by atoms with van der Waals surface area (Å²) in [6, 6.07) is 8.05. The highest BCUT2D eigenvalue weighted by molar-refractivity contribution is 7.70. The van der Waals surface area contributed by atoms with Crippen molar-refractivity contribution in [2.45, 2.75) is 20.8 Å². The fourth-order valence-corrected chi connectivity index (χ4v) is 6.52. The summed E-state index contributed by atoms with van der Waals surface area (Å²) in [5.74, 6) is 1.52. The van der Waals surface area contributed by atoms with Crippen molar-refractivity contribution in [3.05, 3.63) is 52.2 Å². The quantitative estimate of drug-likeness (QED) is 0.376. The summed E-state index contributed by atoms with van der Waals surface area (Å²) >= 11 is 6.47. The predicted molar refractivity (Wildman–Crippen MR) is 156 cm³/mol. The summed E-state index contributed by atoms with van der Waals surface area (Å²) in [5, 5.41) is 7.76. The average molecular weight is 543 g/mol. The summed E-state index contributed by atoms with van der Waals surface area (Å²) in [7, 11) is 1.25. The fraction of sp³-hybridized carbons (Fsp3) is 0.407. The Kier molecular flexibility index (Phi) is 8.02. The van der Waals surface area contributed by atoms with Gasteiger partial charge in [-0.15, -0.1) is 0 Å². The Morgan fingerprint density at radius 3 is 2.35 bits per heavy atom. The second-order valence-electron chi connectivity index (χ2n) is 10.0. The summed E-state index contributed by atoms with van der Waals surface area (Å²) in [6.07, 6.45) is 1.55. The molecule has 2 N–H and O–H groups in total. The molecule has 2 aromatic carbocycles. The minimum Gasteiger partial charge on any atom is -0.494 e. The summed E-state index contributed by atoms with van der Waals surface area (Å²) in [5.41, 5.74) is 5.89. The van der Waals surface area contributed by atoms with Crippen LogP contribution in [0.25, 0.3) is 0 Å². The van der Waals surface area contributed by atoms with E-state index >= 15 is 0 Å². The maximum absolute atomic E-state index is 13.1. The number of halogens is 1. The van der Waals surface area contributed by atoms with E-state index in [0.717, 1.165) is 59.5 Å². The lowest BCUT2D eigenvalue weighted by atomic mass is 10.1. The Morgan fingerprint density at radius 2 is 1.70 bits per heavy atom. The summed E-state index contributed by atoms with van der Waals surface area (Å²) < 4.78 is 18.8. The van der Waals surface area contributed by atoms with Gasteiger partial charge in [0.2, 0.25) is 5.95 Å². The molecular weight excluding hydrogens is 507 g/mol. The Morgan fingerprint density at radius 1 is 1.00 bits per heavy atom. The zero-order valence-corrected chi connectivity index (χ0v) is 24.3. The van der Waals surface area contributed by atoms with Gasteiger partial charge in [-0.25, -0.2) is 4.98 Å². The molecule has 3 aromatic rings. The Labute approximate surface area is 224 Å². The van der Waals surface area contributed by atoms with Gasteiger partial charge in [0.05, 0.1) is 24.7 Å². The average Bonchev–Trinajstić information content (AvgIpc) is 2.83. The largest absolute Gasteiger partial charge is 0.494 e. The normalized spacial score (nSPS) is 14.5. The number of piperazine rings is 1. The number of benzene rings is 2. The van der Waals surface area contributed by atoms with Crippen LogP contribution in [0, 0.1) is 20.8 Å². The molecule has 1 aliphatic heterocycles. The zero-order chi connectivity index (χ0) is 26.9. The van der Waals surface area contributed by atoms with Crippen molar-refractivity contribution in [2.24, 2.45) is 0 Å². The molecule has 1 saturated heterocycles. The molecule has 0 saturated carbocycles. The summed E-state index contributed by atoms with van der Waals surface area (Å²) in [4.78, 5) is 13.8. The number of nitrogens with zero attached hydrogens (tertiary/aromatic N) is 4. The molecule has 0 aliphatic carbocycles. The zero-order valence-electron chi connectivity index (χ0n) is 22.6. The van der Waals surface area contributed by atoms with Crippen LogP contribution in [0.2, 0.25) is 5.02 Å². The van der Waals surface area contributed by atoms with E-state index in [0.29, 0.717) is 22.5 Å². The van der Waals surface area contributed by atoms with Gasteiger partial charge in [0, 0.05) is 43.2 Å². The molecule has 2 heterocycles. The molecular formula is C27H36ClN6O2P. The van der Waals surface area contributed by atoms with Crippen molar-refractivity contribution >= 4 is 52.9 Å². The number of likely N-dealkylation sites (N-methyl/N-ethyl adjacent to an activating group) is 1. The van der Waals surface area contributed by atoms with Crippen LogP contribution >= 0.6 is 18.7 Å². The topological polar surface area (TPSA) is 82.6 Å². The van der Waals surface area contributed by atoms with Crippen molar-refractivity contribution in [1.29, 1.82) is 0 Å². The lowest BCUT2D eigenvalue weighted by molar-refractivity contribution is 0.312. The number of hydrogen-bond donors (Lipinski definition) is 2. The smallest absolute Gasteiger partial charge is 0.229 e. The van der Waals surface area contributed by atoms with E-state index in [1.807, 2.05) is 26.0 Å². The van der Waals surface area contributed by atoms with Gasteiger partial charge in [-0.2, -0.15) is 4.98 Å². The maximum atomic E-state index is 13.1. The van der Waals surface area contributed by atoms with Crippen molar-refractivity contribution in [3.8, 4) is 5.75 Å². The summed E-state index contributed by atoms with van der Waals surface area (Å²) in [6.45, 7) is 13.7. The number of anilines is 5. The molecule has 198 valence electrons. The van der Waals surface area contributed by atoms with Crippen molar-refractivity contribution in [1.82, 2.24) is 14.9 Å². The molecule has 10 heteroatoms. The number of ether oxygens (including phenoxy) is 1. The molecule has 0 radical (unpaired) electrons. The molecule has 4 rings (SSSR count). The van der Waals surface area contributed by atoms with Gasteiger partial charge in [-0.3, -0.25) is 0 Å². The maximum Gasteiger partial charge on any atom is 0.229 e. The molecule has 37 heavy (non-hydrogen) atoms. The number of hydrogen-bond acceptors (Lipinski definition) is 8. The van der Waals surface area contributed by atoms with Gasteiger partial charge in [-0.05, 0) is 70.0 Å². The molecule has 1 aliphatic rings. The standard InChI is InChI=1S/C27H36ClN6O2P/c1-17-8-9-21(25(19(17)3)37(6,7)35)30-26-20(28)16-29-27(32-26)31-22-14-18(2)23(15-24(22)36-5)34-12-10-33(4)11-13-34/h8-9,14-16H,10-13H2,1-7H3,(H2,29,30,31,32). The van der Waals surface area contributed by atoms with Gasteiger partial charge in [-0.1, -0.05) is 17.7 Å². The van der Waals surface area contributed by atoms with Crippen LogP contribution in [0.15, 0.2) is 30.5 Å². The van der Waals surface area contributed by atoms with E-state index in [4.69, 9.17) is 16.3 Å². The van der Waals surface area contributed by atoms with E-state index in [1.165, 1.54) is 5.69 Å². The SMILES string of the molecule is COc1cc(N2CCN(C)CC2)c(C)cc1Nc1ncc(Cl)c(Nc2ccc(C)c(C)c2P(C)(C)=O)n1. The third-order valence-electron chi connectivity index (χ3n) is 6.85. The van der Waals surface area contributed by atoms with Crippen molar-refractivity contribution in [3.63, 3.8) is 0 Å². The lowest BCUT2D eigenvalue weighted by Crippen LogP contribution is -2.44. The first-order valence-corrected chi connectivity index (χ1v) is 15.3. The van der Waals surface area contributed by atoms with Crippen LogP contribution in [0.1, 0.15) is 16.7 Å². The highest BCUT2D eigenvalue weighted by Gasteiger charge is 2.22. The van der Waals surface area contributed by atoms with Gasteiger partial charge < -0.3 is 29.7 Å². The predicted octanol–water partition coefficient (Wildman–Crippen LogP) is 5.55. The first kappa shape index (κ1) is 27.2. The molecule has 0 unspecified atom stereocenters. The van der Waals surface area contributed by atoms with Crippen molar-refractivity contribution in [2.75, 3.05) is 69.2 Å². The highest BCUT2D eigenvalue weighted by Crippen LogP contribution is 2.41. The number of aromatic nitrogens is 2. The molecule has 1 fully saturated rings. The number of aryl methyl sites for hydroxylation is 2. The van der Waals surface area contributed by atoms with Crippen LogP contribution < -0.4 is 25.6 Å². The molecule has 0 atom stereocenters. The second kappa shape index (κ2) is 10.9. The van der Waals surface area contributed by atoms with Crippen molar-refractivity contribution < 1.29 is 9.30 Å². The van der Waals surface area contributed by atoms with E-state index in [-0.39, 0.29) is 0 Å². The fourth-order valence-electron chi connectivity index (χ4n) is 4.69. The van der Waals surface area contributed by atoms with Crippen LogP contribution in [-0.4, -0.2) is 68.5 Å². The van der Waals surface area contributed by atoms with Crippen LogP contribution in [0.3, 0.4) is 0 Å². The van der Waals surface area contributed by atoms with E-state index in [9.17, 15) is 4.57 Å². The van der Waals surface area contributed by atoms with Gasteiger partial charge in [0.1, 0.15) is 17.9 Å².